The lowest BCUT2D eigenvalue weighted by molar-refractivity contribution is -0.113. The first-order valence-corrected chi connectivity index (χ1v) is 8.05. The van der Waals surface area contributed by atoms with Crippen LogP contribution >= 0.6 is 11.8 Å². The second-order valence-electron chi connectivity index (χ2n) is 5.01. The van der Waals surface area contributed by atoms with E-state index >= 15 is 0 Å². The molecule has 0 aliphatic heterocycles. The minimum Gasteiger partial charge on any atom is -0.360 e. The number of imidazole rings is 1. The van der Waals surface area contributed by atoms with Crippen molar-refractivity contribution in [1.29, 1.82) is 0 Å². The van der Waals surface area contributed by atoms with Gasteiger partial charge in [0.25, 0.3) is 0 Å². The van der Waals surface area contributed by atoms with E-state index in [1.807, 2.05) is 48.1 Å². The largest absolute Gasteiger partial charge is 0.360 e. The van der Waals surface area contributed by atoms with Crippen molar-refractivity contribution >= 4 is 23.5 Å². The summed E-state index contributed by atoms with van der Waals surface area (Å²) in [4.78, 5) is 16.3. The topological polar surface area (TPSA) is 73.0 Å². The predicted molar refractivity (Wildman–Crippen MR) is 89.2 cm³/mol. The van der Waals surface area contributed by atoms with Gasteiger partial charge in [-0.1, -0.05) is 47.3 Å². The average Bonchev–Trinajstić information content (AvgIpc) is 3.12. The zero-order valence-corrected chi connectivity index (χ0v) is 13.6. The van der Waals surface area contributed by atoms with Gasteiger partial charge in [-0.3, -0.25) is 4.79 Å². The molecular weight excluding hydrogens is 312 g/mol. The van der Waals surface area contributed by atoms with Gasteiger partial charge in [-0.15, -0.1) is 0 Å². The Kier molecular flexibility index (Phi) is 4.47. The molecule has 0 bridgehead atoms. The van der Waals surface area contributed by atoms with Crippen LogP contribution in [0.5, 0.6) is 0 Å². The zero-order chi connectivity index (χ0) is 16.2. The van der Waals surface area contributed by atoms with Crippen LogP contribution in [0.3, 0.4) is 0 Å². The van der Waals surface area contributed by atoms with Gasteiger partial charge in [0.05, 0.1) is 17.6 Å². The average molecular weight is 328 g/mol. The molecule has 2 heterocycles. The molecular formula is C16H16N4O2S. The molecule has 0 radical (unpaired) electrons. The Morgan fingerprint density at radius 2 is 2.13 bits per heavy atom. The lowest BCUT2D eigenvalue weighted by atomic mass is 10.2. The number of anilines is 1. The monoisotopic (exact) mass is 328 g/mol. The molecule has 7 heteroatoms. The van der Waals surface area contributed by atoms with Gasteiger partial charge < -0.3 is 14.4 Å². The molecule has 0 atom stereocenters. The quantitative estimate of drug-likeness (QED) is 0.729. The number of nitrogens with zero attached hydrogens (tertiary/aromatic N) is 3. The summed E-state index contributed by atoms with van der Waals surface area (Å²) >= 11 is 1.38. The molecule has 0 spiro atoms. The third-order valence-corrected chi connectivity index (χ3v) is 4.29. The van der Waals surface area contributed by atoms with Gasteiger partial charge in [-0.25, -0.2) is 4.98 Å². The van der Waals surface area contributed by atoms with E-state index < -0.39 is 0 Å². The second-order valence-corrected chi connectivity index (χ2v) is 5.95. The summed E-state index contributed by atoms with van der Waals surface area (Å²) in [5.41, 5.74) is 2.11. The number of hydrogen-bond acceptors (Lipinski definition) is 5. The predicted octanol–water partition coefficient (Wildman–Crippen LogP) is 3.11. The van der Waals surface area contributed by atoms with Crippen LogP contribution in [0.25, 0.3) is 11.3 Å². The summed E-state index contributed by atoms with van der Waals surface area (Å²) in [5, 5.41) is 7.21. The Morgan fingerprint density at radius 1 is 1.35 bits per heavy atom. The number of carbonyl (C=O) groups excluding carboxylic acids is 1. The van der Waals surface area contributed by atoms with Gasteiger partial charge >= 0.3 is 0 Å². The van der Waals surface area contributed by atoms with Gasteiger partial charge in [0.1, 0.15) is 5.76 Å². The Balaban J connectivity index is 1.63. The van der Waals surface area contributed by atoms with E-state index in [1.54, 1.807) is 13.0 Å². The molecule has 0 unspecified atom stereocenters. The molecule has 1 N–H and O–H groups in total. The van der Waals surface area contributed by atoms with Crippen molar-refractivity contribution in [3.8, 4) is 11.3 Å². The molecule has 0 fully saturated rings. The summed E-state index contributed by atoms with van der Waals surface area (Å²) in [7, 11) is 1.94. The fourth-order valence-electron chi connectivity index (χ4n) is 2.14. The molecule has 0 aliphatic rings. The van der Waals surface area contributed by atoms with Crippen molar-refractivity contribution in [1.82, 2.24) is 14.7 Å². The standard InChI is InChI=1S/C16H16N4O2S/c1-11-8-14(19-22-11)18-15(21)10-23-16-17-9-13(20(16)2)12-6-4-3-5-7-12/h3-9H,10H2,1-2H3,(H,18,19,21). The number of carbonyl (C=O) groups is 1. The van der Waals surface area contributed by atoms with Crippen LogP contribution in [0.15, 0.2) is 52.3 Å². The molecule has 0 saturated carbocycles. The first-order valence-electron chi connectivity index (χ1n) is 7.06. The molecule has 2 aromatic heterocycles. The number of thioether (sulfide) groups is 1. The minimum absolute atomic E-state index is 0.146. The van der Waals surface area contributed by atoms with Gasteiger partial charge in [-0.2, -0.15) is 0 Å². The van der Waals surface area contributed by atoms with Crippen molar-refractivity contribution in [2.75, 3.05) is 11.1 Å². The van der Waals surface area contributed by atoms with E-state index in [4.69, 9.17) is 4.52 Å². The molecule has 0 saturated heterocycles. The van der Waals surface area contributed by atoms with Crippen LogP contribution in [0.4, 0.5) is 5.82 Å². The van der Waals surface area contributed by atoms with Crippen LogP contribution < -0.4 is 5.32 Å². The number of hydrogen-bond donors (Lipinski definition) is 1. The van der Waals surface area contributed by atoms with Crippen molar-refractivity contribution < 1.29 is 9.32 Å². The number of amides is 1. The van der Waals surface area contributed by atoms with Crippen molar-refractivity contribution in [2.24, 2.45) is 7.05 Å². The number of aryl methyl sites for hydroxylation is 1. The summed E-state index contributed by atoms with van der Waals surface area (Å²) in [5.74, 6) is 1.19. The van der Waals surface area contributed by atoms with E-state index in [1.165, 1.54) is 11.8 Å². The van der Waals surface area contributed by atoms with Gasteiger partial charge in [0.15, 0.2) is 11.0 Å². The fraction of sp³-hybridized carbons (Fsp3) is 0.188. The van der Waals surface area contributed by atoms with E-state index in [9.17, 15) is 4.79 Å². The van der Waals surface area contributed by atoms with Crippen molar-refractivity contribution in [3.05, 3.63) is 48.4 Å². The van der Waals surface area contributed by atoms with Crippen LogP contribution in [-0.4, -0.2) is 26.4 Å². The highest BCUT2D eigenvalue weighted by Crippen LogP contribution is 2.24. The molecule has 3 rings (SSSR count). The van der Waals surface area contributed by atoms with E-state index in [0.29, 0.717) is 11.6 Å². The Bertz CT molecular complexity index is 811. The molecule has 23 heavy (non-hydrogen) atoms. The second kappa shape index (κ2) is 6.70. The first kappa shape index (κ1) is 15.4. The van der Waals surface area contributed by atoms with E-state index in [0.717, 1.165) is 16.4 Å². The maximum Gasteiger partial charge on any atom is 0.236 e. The summed E-state index contributed by atoms with van der Waals surface area (Å²) in [6.07, 6.45) is 1.82. The van der Waals surface area contributed by atoms with Crippen molar-refractivity contribution in [2.45, 2.75) is 12.1 Å². The SMILES string of the molecule is Cc1cc(NC(=O)CSc2ncc(-c3ccccc3)n2C)no1. The van der Waals surface area contributed by atoms with Gasteiger partial charge in [0.2, 0.25) is 5.91 Å². The van der Waals surface area contributed by atoms with Crippen LogP contribution in [0.2, 0.25) is 0 Å². The summed E-state index contributed by atoms with van der Waals surface area (Å²) in [6, 6.07) is 11.7. The molecule has 1 aromatic carbocycles. The first-order chi connectivity index (χ1) is 11.1. The maximum atomic E-state index is 11.9. The Hall–Kier alpha value is -2.54. The van der Waals surface area contributed by atoms with Gasteiger partial charge in [0, 0.05) is 13.1 Å². The highest BCUT2D eigenvalue weighted by Gasteiger charge is 2.12. The Labute approximate surface area is 137 Å². The van der Waals surface area contributed by atoms with Crippen LogP contribution in [0, 0.1) is 6.92 Å². The third-order valence-electron chi connectivity index (χ3n) is 3.24. The molecule has 1 amide bonds. The molecule has 0 aliphatic carbocycles. The van der Waals surface area contributed by atoms with Crippen LogP contribution in [-0.2, 0) is 11.8 Å². The zero-order valence-electron chi connectivity index (χ0n) is 12.8. The summed E-state index contributed by atoms with van der Waals surface area (Å²) < 4.78 is 6.89. The number of benzene rings is 1. The number of aromatic nitrogens is 3. The lowest BCUT2D eigenvalue weighted by Crippen LogP contribution is -2.14. The summed E-state index contributed by atoms with van der Waals surface area (Å²) in [6.45, 7) is 1.77. The van der Waals surface area contributed by atoms with Gasteiger partial charge in [-0.05, 0) is 12.5 Å². The molecule has 3 aromatic rings. The number of nitrogens with one attached hydrogen (secondary N) is 1. The number of rotatable bonds is 5. The minimum atomic E-state index is -0.146. The molecule has 118 valence electrons. The molecule has 6 nitrogen and oxygen atoms in total. The van der Waals surface area contributed by atoms with Crippen LogP contribution in [0.1, 0.15) is 5.76 Å². The lowest BCUT2D eigenvalue weighted by Gasteiger charge is -2.05. The van der Waals surface area contributed by atoms with E-state index in [2.05, 4.69) is 15.5 Å². The normalized spacial score (nSPS) is 10.7. The van der Waals surface area contributed by atoms with E-state index in [-0.39, 0.29) is 11.7 Å². The highest BCUT2D eigenvalue weighted by atomic mass is 32.2. The Morgan fingerprint density at radius 3 is 2.83 bits per heavy atom. The third kappa shape index (κ3) is 3.62. The highest BCUT2D eigenvalue weighted by molar-refractivity contribution is 7.99. The van der Waals surface area contributed by atoms with Crippen molar-refractivity contribution in [3.63, 3.8) is 0 Å². The smallest absolute Gasteiger partial charge is 0.236 e. The maximum absolute atomic E-state index is 11.9. The fourth-order valence-corrected chi connectivity index (χ4v) is 2.89.